The molecule has 5 nitrogen and oxygen atoms in total. The third-order valence-corrected chi connectivity index (χ3v) is 4.49. The topological polar surface area (TPSA) is 65.1 Å². The van der Waals surface area contributed by atoms with Crippen LogP contribution in [0.25, 0.3) is 0 Å². The van der Waals surface area contributed by atoms with Crippen LogP contribution in [0.2, 0.25) is 0 Å². The number of benzene rings is 2. The Labute approximate surface area is 151 Å². The molecular formula is C19H22F2N4O. The van der Waals surface area contributed by atoms with E-state index in [9.17, 15) is 13.9 Å². The Hall–Kier alpha value is -2.67. The van der Waals surface area contributed by atoms with Gasteiger partial charge in [-0.2, -0.15) is 0 Å². The van der Waals surface area contributed by atoms with E-state index in [0.717, 1.165) is 18.8 Å². The van der Waals surface area contributed by atoms with Crippen LogP contribution in [-0.4, -0.2) is 48.7 Å². The maximum Gasteiger partial charge on any atom is 0.191 e. The fourth-order valence-corrected chi connectivity index (χ4v) is 2.97. The van der Waals surface area contributed by atoms with Crippen LogP contribution >= 0.6 is 0 Å². The van der Waals surface area contributed by atoms with Crippen LogP contribution in [0, 0.1) is 11.6 Å². The average Bonchev–Trinajstić information content (AvgIpc) is 2.67. The van der Waals surface area contributed by atoms with Crippen LogP contribution in [0.4, 0.5) is 14.5 Å². The quantitative estimate of drug-likeness (QED) is 0.648. The van der Waals surface area contributed by atoms with Gasteiger partial charge in [0.2, 0.25) is 0 Å². The molecular weight excluding hydrogens is 338 g/mol. The number of rotatable bonds is 4. The molecule has 1 atom stereocenters. The molecule has 3 rings (SSSR count). The van der Waals surface area contributed by atoms with E-state index in [4.69, 9.17) is 5.73 Å². The second-order valence-corrected chi connectivity index (χ2v) is 6.19. The van der Waals surface area contributed by atoms with E-state index in [1.54, 1.807) is 24.3 Å². The Bertz CT molecular complexity index is 758. The molecule has 0 aromatic heterocycles. The van der Waals surface area contributed by atoms with E-state index in [1.165, 1.54) is 24.3 Å². The molecule has 2 aromatic carbocycles. The number of nitrogens with zero attached hydrogens (tertiary/aromatic N) is 3. The Morgan fingerprint density at radius 3 is 2.35 bits per heavy atom. The monoisotopic (exact) mass is 360 g/mol. The van der Waals surface area contributed by atoms with Crippen molar-refractivity contribution in [3.05, 3.63) is 65.7 Å². The highest BCUT2D eigenvalue weighted by Crippen LogP contribution is 2.18. The van der Waals surface area contributed by atoms with Gasteiger partial charge in [-0.05, 0) is 30.3 Å². The standard InChI is InChI=1S/C19H22F2N4O/c20-14-5-7-15(8-6-14)24-9-11-25(12-10-24)19(22)23-13-18(26)16-3-1-2-4-17(16)21/h1-8,18,26H,9-13H2,(H2,22,23). The molecule has 0 aliphatic carbocycles. The third kappa shape index (κ3) is 4.29. The number of hydrogen-bond acceptors (Lipinski definition) is 3. The fraction of sp³-hybridized carbons (Fsp3) is 0.316. The highest BCUT2D eigenvalue weighted by atomic mass is 19.1. The summed E-state index contributed by atoms with van der Waals surface area (Å²) in [7, 11) is 0. The lowest BCUT2D eigenvalue weighted by Crippen LogP contribution is -2.51. The number of halogens is 2. The Morgan fingerprint density at radius 1 is 1.04 bits per heavy atom. The van der Waals surface area contributed by atoms with Crippen molar-refractivity contribution in [3.63, 3.8) is 0 Å². The molecule has 0 bridgehead atoms. The molecule has 1 unspecified atom stereocenters. The van der Waals surface area contributed by atoms with Gasteiger partial charge in [0.25, 0.3) is 0 Å². The van der Waals surface area contributed by atoms with Crippen molar-refractivity contribution in [2.24, 2.45) is 10.7 Å². The summed E-state index contributed by atoms with van der Waals surface area (Å²) in [6.07, 6.45) is -1.03. The number of guanidine groups is 1. The van der Waals surface area contributed by atoms with Crippen LogP contribution < -0.4 is 10.6 Å². The zero-order chi connectivity index (χ0) is 18.5. The van der Waals surface area contributed by atoms with Crippen molar-refractivity contribution < 1.29 is 13.9 Å². The molecule has 1 saturated heterocycles. The van der Waals surface area contributed by atoms with Crippen LogP contribution in [-0.2, 0) is 0 Å². The van der Waals surface area contributed by atoms with Crippen molar-refractivity contribution in [1.82, 2.24) is 4.90 Å². The lowest BCUT2D eigenvalue weighted by Gasteiger charge is -2.36. The highest BCUT2D eigenvalue weighted by Gasteiger charge is 2.19. The lowest BCUT2D eigenvalue weighted by atomic mass is 10.1. The smallest absolute Gasteiger partial charge is 0.191 e. The van der Waals surface area contributed by atoms with Crippen molar-refractivity contribution in [3.8, 4) is 0 Å². The maximum atomic E-state index is 13.7. The van der Waals surface area contributed by atoms with Gasteiger partial charge in [-0.25, -0.2) is 8.78 Å². The summed E-state index contributed by atoms with van der Waals surface area (Å²) >= 11 is 0. The van der Waals surface area contributed by atoms with E-state index in [1.807, 2.05) is 4.90 Å². The number of aliphatic imine (C=N–C) groups is 1. The highest BCUT2D eigenvalue weighted by molar-refractivity contribution is 5.78. The van der Waals surface area contributed by atoms with E-state index in [0.29, 0.717) is 19.0 Å². The first-order chi connectivity index (χ1) is 12.5. The summed E-state index contributed by atoms with van der Waals surface area (Å²) in [4.78, 5) is 8.29. The summed E-state index contributed by atoms with van der Waals surface area (Å²) in [5, 5.41) is 10.1. The number of hydrogen-bond donors (Lipinski definition) is 2. The summed E-state index contributed by atoms with van der Waals surface area (Å²) in [6, 6.07) is 12.5. The third-order valence-electron chi connectivity index (χ3n) is 4.49. The number of nitrogens with two attached hydrogens (primary N) is 1. The molecule has 0 spiro atoms. The van der Waals surface area contributed by atoms with Gasteiger partial charge in [-0.15, -0.1) is 0 Å². The fourth-order valence-electron chi connectivity index (χ4n) is 2.97. The average molecular weight is 360 g/mol. The number of aliphatic hydroxyl groups excluding tert-OH is 1. The van der Waals surface area contributed by atoms with Gasteiger partial charge in [0, 0.05) is 37.4 Å². The summed E-state index contributed by atoms with van der Waals surface area (Å²) in [5.74, 6) is -0.377. The molecule has 2 aromatic rings. The number of aliphatic hydroxyl groups is 1. The molecule has 26 heavy (non-hydrogen) atoms. The van der Waals surface area contributed by atoms with Gasteiger partial charge >= 0.3 is 0 Å². The van der Waals surface area contributed by atoms with E-state index < -0.39 is 11.9 Å². The Balaban J connectivity index is 1.54. The van der Waals surface area contributed by atoms with E-state index in [2.05, 4.69) is 9.89 Å². The molecule has 1 heterocycles. The van der Waals surface area contributed by atoms with Crippen LogP contribution in [0.5, 0.6) is 0 Å². The molecule has 1 aliphatic heterocycles. The molecule has 0 radical (unpaired) electrons. The minimum atomic E-state index is -1.03. The summed E-state index contributed by atoms with van der Waals surface area (Å²) < 4.78 is 26.7. The first-order valence-electron chi connectivity index (χ1n) is 8.52. The van der Waals surface area contributed by atoms with Gasteiger partial charge in [-0.3, -0.25) is 4.99 Å². The van der Waals surface area contributed by atoms with Gasteiger partial charge in [0.1, 0.15) is 17.7 Å². The first kappa shape index (κ1) is 18.1. The Kier molecular flexibility index (Phi) is 5.68. The molecule has 0 saturated carbocycles. The largest absolute Gasteiger partial charge is 0.386 e. The molecule has 7 heteroatoms. The lowest BCUT2D eigenvalue weighted by molar-refractivity contribution is 0.181. The maximum absolute atomic E-state index is 13.7. The minimum Gasteiger partial charge on any atom is -0.386 e. The van der Waals surface area contributed by atoms with Gasteiger partial charge in [0.15, 0.2) is 5.96 Å². The van der Waals surface area contributed by atoms with Crippen LogP contribution in [0.3, 0.4) is 0 Å². The van der Waals surface area contributed by atoms with Gasteiger partial charge < -0.3 is 20.6 Å². The predicted octanol–water partition coefficient (Wildman–Crippen LogP) is 2.14. The van der Waals surface area contributed by atoms with Crippen LogP contribution in [0.1, 0.15) is 11.7 Å². The van der Waals surface area contributed by atoms with E-state index >= 15 is 0 Å². The summed E-state index contributed by atoms with van der Waals surface area (Å²) in [6.45, 7) is 2.81. The van der Waals surface area contributed by atoms with Crippen molar-refractivity contribution in [1.29, 1.82) is 0 Å². The Morgan fingerprint density at radius 2 is 1.69 bits per heavy atom. The molecule has 138 valence electrons. The second-order valence-electron chi connectivity index (χ2n) is 6.19. The van der Waals surface area contributed by atoms with Gasteiger partial charge in [0.05, 0.1) is 6.54 Å². The van der Waals surface area contributed by atoms with E-state index in [-0.39, 0.29) is 17.9 Å². The first-order valence-corrected chi connectivity index (χ1v) is 8.52. The normalized spacial score (nSPS) is 16.7. The molecule has 3 N–H and O–H groups in total. The zero-order valence-corrected chi connectivity index (χ0v) is 14.4. The minimum absolute atomic E-state index is 0.00490. The van der Waals surface area contributed by atoms with Crippen molar-refractivity contribution in [2.75, 3.05) is 37.6 Å². The SMILES string of the molecule is NC(=NCC(O)c1ccccc1F)N1CCN(c2ccc(F)cc2)CC1. The second kappa shape index (κ2) is 8.14. The zero-order valence-electron chi connectivity index (χ0n) is 14.4. The summed E-state index contributed by atoms with van der Waals surface area (Å²) in [5.41, 5.74) is 7.20. The molecule has 1 aliphatic rings. The van der Waals surface area contributed by atoms with Crippen molar-refractivity contribution >= 4 is 11.6 Å². The number of piperazine rings is 1. The van der Waals surface area contributed by atoms with Crippen LogP contribution in [0.15, 0.2) is 53.5 Å². The van der Waals surface area contributed by atoms with Gasteiger partial charge in [-0.1, -0.05) is 18.2 Å². The number of anilines is 1. The molecule has 0 amide bonds. The predicted molar refractivity (Wildman–Crippen MR) is 98.0 cm³/mol. The molecule has 1 fully saturated rings. The van der Waals surface area contributed by atoms with Crippen molar-refractivity contribution in [2.45, 2.75) is 6.10 Å².